The molecule has 0 saturated heterocycles. The van der Waals surface area contributed by atoms with E-state index >= 15 is 0 Å². The molecule has 0 bridgehead atoms. The minimum atomic E-state index is -0.435. The summed E-state index contributed by atoms with van der Waals surface area (Å²) in [6.45, 7) is 10.8. The highest BCUT2D eigenvalue weighted by molar-refractivity contribution is 5.67. The Morgan fingerprint density at radius 3 is 2.30 bits per heavy atom. The lowest BCUT2D eigenvalue weighted by Gasteiger charge is -2.32. The van der Waals surface area contributed by atoms with Crippen molar-refractivity contribution in [1.29, 1.82) is 0 Å². The van der Waals surface area contributed by atoms with E-state index in [9.17, 15) is 4.79 Å². The molecule has 0 heterocycles. The number of ether oxygens (including phenoxy) is 1. The molecule has 4 nitrogen and oxygen atoms in total. The van der Waals surface area contributed by atoms with Crippen molar-refractivity contribution in [3.63, 3.8) is 0 Å². The fraction of sp³-hybridized carbons (Fsp3) is 0.947. The van der Waals surface area contributed by atoms with Crippen LogP contribution in [0.15, 0.2) is 0 Å². The van der Waals surface area contributed by atoms with Crippen molar-refractivity contribution in [2.45, 2.75) is 104 Å². The van der Waals surface area contributed by atoms with Gasteiger partial charge in [0.05, 0.1) is 0 Å². The normalized spacial score (nSPS) is 23.3. The lowest BCUT2D eigenvalue weighted by atomic mass is 9.83. The number of carbonyl (C=O) groups excluding carboxylic acids is 1. The zero-order valence-electron chi connectivity index (χ0n) is 15.9. The van der Waals surface area contributed by atoms with Gasteiger partial charge < -0.3 is 15.4 Å². The van der Waals surface area contributed by atoms with Crippen LogP contribution in [0.2, 0.25) is 0 Å². The first-order valence-corrected chi connectivity index (χ1v) is 9.57. The summed E-state index contributed by atoms with van der Waals surface area (Å²) in [5, 5.41) is 6.69. The van der Waals surface area contributed by atoms with Crippen molar-refractivity contribution >= 4 is 6.09 Å². The van der Waals surface area contributed by atoms with Gasteiger partial charge in [-0.2, -0.15) is 0 Å². The summed E-state index contributed by atoms with van der Waals surface area (Å²) in [7, 11) is 0. The second-order valence-electron chi connectivity index (χ2n) is 8.04. The van der Waals surface area contributed by atoms with Crippen molar-refractivity contribution in [3.05, 3.63) is 0 Å². The summed E-state index contributed by atoms with van der Waals surface area (Å²) < 4.78 is 5.32. The van der Waals surface area contributed by atoms with Crippen LogP contribution in [0.4, 0.5) is 4.79 Å². The third kappa shape index (κ3) is 9.19. The van der Waals surface area contributed by atoms with E-state index in [4.69, 9.17) is 4.74 Å². The smallest absolute Gasteiger partial charge is 0.407 e. The average molecular weight is 327 g/mol. The molecule has 1 fully saturated rings. The minimum absolute atomic E-state index is 0.313. The van der Waals surface area contributed by atoms with Gasteiger partial charge in [0, 0.05) is 18.6 Å². The molecular weight excluding hydrogens is 288 g/mol. The van der Waals surface area contributed by atoms with Crippen LogP contribution in [0.3, 0.4) is 0 Å². The third-order valence-electron chi connectivity index (χ3n) is 4.54. The predicted octanol–water partition coefficient (Wildman–Crippen LogP) is 4.63. The number of amides is 1. The highest BCUT2D eigenvalue weighted by atomic mass is 16.6. The van der Waals surface area contributed by atoms with Crippen LogP contribution in [0.25, 0.3) is 0 Å². The summed E-state index contributed by atoms with van der Waals surface area (Å²) in [5.74, 6) is 0.933. The molecule has 136 valence electrons. The Morgan fingerprint density at radius 1 is 1.13 bits per heavy atom. The van der Waals surface area contributed by atoms with Gasteiger partial charge in [-0.05, 0) is 58.8 Å². The van der Waals surface area contributed by atoms with E-state index < -0.39 is 5.60 Å². The monoisotopic (exact) mass is 326 g/mol. The summed E-state index contributed by atoms with van der Waals surface area (Å²) in [5.41, 5.74) is -0.435. The third-order valence-corrected chi connectivity index (χ3v) is 4.54. The Labute approximate surface area is 143 Å². The molecule has 4 heteroatoms. The summed E-state index contributed by atoms with van der Waals surface area (Å²) in [6.07, 6.45) is 9.84. The van der Waals surface area contributed by atoms with Gasteiger partial charge in [0.1, 0.15) is 5.60 Å². The van der Waals surface area contributed by atoms with Crippen molar-refractivity contribution in [3.8, 4) is 0 Å². The number of hydrogen-bond acceptors (Lipinski definition) is 3. The molecule has 1 amide bonds. The fourth-order valence-electron chi connectivity index (χ4n) is 3.47. The number of hydrogen-bond donors (Lipinski definition) is 2. The van der Waals surface area contributed by atoms with E-state index in [1.54, 1.807) is 0 Å². The Kier molecular flexibility index (Phi) is 8.96. The predicted molar refractivity (Wildman–Crippen MR) is 96.7 cm³/mol. The van der Waals surface area contributed by atoms with Gasteiger partial charge in [0.25, 0.3) is 0 Å². The molecule has 1 aliphatic carbocycles. The molecular formula is C19H38N2O2. The SMILES string of the molecule is CCCC1CCC(NC(CCC)CNC(=O)OC(C)(C)C)CC1. The Bertz CT molecular complexity index is 331. The second kappa shape index (κ2) is 10.2. The Morgan fingerprint density at radius 2 is 1.78 bits per heavy atom. The molecule has 23 heavy (non-hydrogen) atoms. The topological polar surface area (TPSA) is 50.4 Å². The minimum Gasteiger partial charge on any atom is -0.444 e. The maximum atomic E-state index is 11.8. The van der Waals surface area contributed by atoms with Crippen molar-refractivity contribution in [2.24, 2.45) is 5.92 Å². The van der Waals surface area contributed by atoms with Gasteiger partial charge in [-0.25, -0.2) is 4.79 Å². The van der Waals surface area contributed by atoms with Crippen LogP contribution in [0.1, 0.15) is 86.0 Å². The van der Waals surface area contributed by atoms with E-state index in [1.807, 2.05) is 20.8 Å². The van der Waals surface area contributed by atoms with Gasteiger partial charge in [0.15, 0.2) is 0 Å². The van der Waals surface area contributed by atoms with Crippen molar-refractivity contribution in [2.75, 3.05) is 6.54 Å². The molecule has 0 radical (unpaired) electrons. The summed E-state index contributed by atoms with van der Waals surface area (Å²) >= 11 is 0. The number of carbonyl (C=O) groups is 1. The maximum Gasteiger partial charge on any atom is 0.407 e. The zero-order chi connectivity index (χ0) is 17.3. The van der Waals surface area contributed by atoms with E-state index in [0.717, 1.165) is 18.8 Å². The average Bonchev–Trinajstić information content (AvgIpc) is 2.45. The standard InChI is InChI=1S/C19H38N2O2/c1-6-8-15-10-12-16(13-11-15)21-17(9-7-2)14-20-18(22)23-19(3,4)5/h15-17,21H,6-14H2,1-5H3,(H,20,22). The van der Waals surface area contributed by atoms with E-state index in [1.165, 1.54) is 38.5 Å². The highest BCUT2D eigenvalue weighted by Crippen LogP contribution is 2.28. The zero-order valence-corrected chi connectivity index (χ0v) is 15.9. The van der Waals surface area contributed by atoms with Crippen molar-refractivity contribution in [1.82, 2.24) is 10.6 Å². The first kappa shape index (κ1) is 20.3. The second-order valence-corrected chi connectivity index (χ2v) is 8.04. The van der Waals surface area contributed by atoms with Crippen LogP contribution < -0.4 is 10.6 Å². The van der Waals surface area contributed by atoms with Gasteiger partial charge in [-0.15, -0.1) is 0 Å². The number of nitrogens with one attached hydrogen (secondary N) is 2. The molecule has 2 N–H and O–H groups in total. The van der Waals surface area contributed by atoms with Gasteiger partial charge in [-0.3, -0.25) is 0 Å². The molecule has 1 saturated carbocycles. The Hall–Kier alpha value is -0.770. The van der Waals surface area contributed by atoms with Gasteiger partial charge >= 0.3 is 6.09 Å². The van der Waals surface area contributed by atoms with Crippen LogP contribution in [0, 0.1) is 5.92 Å². The van der Waals surface area contributed by atoms with Crippen LogP contribution in [-0.4, -0.2) is 30.3 Å². The molecule has 1 rings (SSSR count). The van der Waals surface area contributed by atoms with E-state index in [2.05, 4.69) is 24.5 Å². The largest absolute Gasteiger partial charge is 0.444 e. The fourth-order valence-corrected chi connectivity index (χ4v) is 3.47. The highest BCUT2D eigenvalue weighted by Gasteiger charge is 2.23. The first-order chi connectivity index (χ1) is 10.8. The van der Waals surface area contributed by atoms with Gasteiger partial charge in [0.2, 0.25) is 0 Å². The first-order valence-electron chi connectivity index (χ1n) is 9.57. The lowest BCUT2D eigenvalue weighted by Crippen LogP contribution is -2.47. The van der Waals surface area contributed by atoms with Crippen LogP contribution in [0.5, 0.6) is 0 Å². The van der Waals surface area contributed by atoms with Crippen LogP contribution >= 0.6 is 0 Å². The van der Waals surface area contributed by atoms with E-state index in [0.29, 0.717) is 18.6 Å². The van der Waals surface area contributed by atoms with Crippen molar-refractivity contribution < 1.29 is 9.53 Å². The molecule has 1 atom stereocenters. The number of alkyl carbamates (subject to hydrolysis) is 1. The quantitative estimate of drug-likeness (QED) is 0.684. The molecule has 0 aromatic carbocycles. The molecule has 0 aromatic rings. The molecule has 0 aromatic heterocycles. The Balaban J connectivity index is 2.33. The molecule has 1 unspecified atom stereocenters. The maximum absolute atomic E-state index is 11.8. The number of rotatable bonds is 8. The molecule has 1 aliphatic rings. The molecule has 0 aliphatic heterocycles. The van der Waals surface area contributed by atoms with Crippen LogP contribution in [-0.2, 0) is 4.74 Å². The summed E-state index contributed by atoms with van der Waals surface area (Å²) in [6, 6.07) is 0.959. The summed E-state index contributed by atoms with van der Waals surface area (Å²) in [4.78, 5) is 11.8. The van der Waals surface area contributed by atoms with E-state index in [-0.39, 0.29) is 6.09 Å². The van der Waals surface area contributed by atoms with Gasteiger partial charge in [-0.1, -0.05) is 33.1 Å². The molecule has 0 spiro atoms. The lowest BCUT2D eigenvalue weighted by molar-refractivity contribution is 0.0520.